The lowest BCUT2D eigenvalue weighted by atomic mass is 10.1. The number of nitrogens with one attached hydrogen (secondary N) is 1. The van der Waals surface area contributed by atoms with E-state index in [1.807, 2.05) is 31.2 Å². The molecule has 0 bridgehead atoms. The monoisotopic (exact) mass is 309 g/mol. The van der Waals surface area contributed by atoms with Crippen LogP contribution in [0.2, 0.25) is 0 Å². The zero-order valence-corrected chi connectivity index (χ0v) is 12.7. The molecule has 1 heterocycles. The molecule has 0 saturated carbocycles. The maximum absolute atomic E-state index is 13.7. The zero-order chi connectivity index (χ0) is 16.2. The van der Waals surface area contributed by atoms with Crippen LogP contribution in [0.4, 0.5) is 4.39 Å². The number of nitrogens with zero attached hydrogens (tertiary/aromatic N) is 2. The van der Waals surface area contributed by atoms with E-state index in [-0.39, 0.29) is 17.4 Å². The van der Waals surface area contributed by atoms with Crippen molar-refractivity contribution in [2.24, 2.45) is 0 Å². The second kappa shape index (κ2) is 6.44. The first-order chi connectivity index (χ1) is 11.1. The van der Waals surface area contributed by atoms with Gasteiger partial charge in [0, 0.05) is 12.7 Å². The van der Waals surface area contributed by atoms with Crippen molar-refractivity contribution in [1.29, 1.82) is 0 Å². The summed E-state index contributed by atoms with van der Waals surface area (Å²) in [4.78, 5) is 12.2. The fourth-order valence-electron chi connectivity index (χ4n) is 2.29. The molecule has 116 valence electrons. The van der Waals surface area contributed by atoms with Crippen molar-refractivity contribution in [1.82, 2.24) is 15.1 Å². The molecule has 3 aromatic rings. The molecule has 0 aliphatic carbocycles. The lowest BCUT2D eigenvalue weighted by molar-refractivity contribution is 0.0945. The minimum Gasteiger partial charge on any atom is -0.347 e. The minimum absolute atomic E-state index is 0.252. The highest BCUT2D eigenvalue weighted by molar-refractivity contribution is 5.92. The smallest absolute Gasteiger partial charge is 0.272 e. The summed E-state index contributed by atoms with van der Waals surface area (Å²) in [5.74, 6) is -0.675. The highest BCUT2D eigenvalue weighted by atomic mass is 19.1. The van der Waals surface area contributed by atoms with Gasteiger partial charge < -0.3 is 5.32 Å². The first kappa shape index (κ1) is 15.0. The van der Waals surface area contributed by atoms with Gasteiger partial charge in [-0.25, -0.2) is 9.07 Å². The first-order valence-electron chi connectivity index (χ1n) is 7.28. The SMILES string of the molecule is Cc1ccccc1CNC(=O)c1ccn(-c2ccccc2F)n1. The summed E-state index contributed by atoms with van der Waals surface area (Å²) in [6, 6.07) is 15.7. The van der Waals surface area contributed by atoms with Crippen LogP contribution < -0.4 is 5.32 Å². The lowest BCUT2D eigenvalue weighted by Gasteiger charge is -2.06. The van der Waals surface area contributed by atoms with Crippen molar-refractivity contribution in [3.8, 4) is 5.69 Å². The van der Waals surface area contributed by atoms with Crippen LogP contribution in [0.1, 0.15) is 21.6 Å². The van der Waals surface area contributed by atoms with Crippen LogP contribution in [-0.4, -0.2) is 15.7 Å². The Morgan fingerprint density at radius 1 is 1.13 bits per heavy atom. The van der Waals surface area contributed by atoms with Crippen LogP contribution in [0, 0.1) is 12.7 Å². The van der Waals surface area contributed by atoms with Crippen molar-refractivity contribution in [2.75, 3.05) is 0 Å². The van der Waals surface area contributed by atoms with Gasteiger partial charge in [0.15, 0.2) is 5.69 Å². The average Bonchev–Trinajstić information content (AvgIpc) is 3.04. The fraction of sp³-hybridized carbons (Fsp3) is 0.111. The van der Waals surface area contributed by atoms with Gasteiger partial charge in [-0.3, -0.25) is 4.79 Å². The molecule has 0 spiro atoms. The molecular formula is C18H16FN3O. The van der Waals surface area contributed by atoms with Gasteiger partial charge in [-0.1, -0.05) is 36.4 Å². The predicted octanol–water partition coefficient (Wildman–Crippen LogP) is 3.25. The van der Waals surface area contributed by atoms with Gasteiger partial charge in [0.05, 0.1) is 0 Å². The number of aryl methyl sites for hydroxylation is 1. The average molecular weight is 309 g/mol. The molecule has 0 aliphatic heterocycles. The van der Waals surface area contributed by atoms with E-state index in [2.05, 4.69) is 10.4 Å². The number of hydrogen-bond acceptors (Lipinski definition) is 2. The van der Waals surface area contributed by atoms with Gasteiger partial charge in [-0.15, -0.1) is 0 Å². The Kier molecular flexibility index (Phi) is 4.19. The van der Waals surface area contributed by atoms with Gasteiger partial charge >= 0.3 is 0 Å². The van der Waals surface area contributed by atoms with E-state index in [4.69, 9.17) is 0 Å². The number of benzene rings is 2. The summed E-state index contributed by atoms with van der Waals surface area (Å²) in [5.41, 5.74) is 2.73. The molecule has 0 aliphatic rings. The molecule has 0 radical (unpaired) electrons. The molecule has 1 aromatic heterocycles. The first-order valence-corrected chi connectivity index (χ1v) is 7.28. The van der Waals surface area contributed by atoms with Crippen molar-refractivity contribution in [3.05, 3.63) is 83.4 Å². The number of hydrogen-bond donors (Lipinski definition) is 1. The summed E-state index contributed by atoms with van der Waals surface area (Å²) in [6.45, 7) is 2.42. The number of carbonyl (C=O) groups is 1. The van der Waals surface area contributed by atoms with Crippen LogP contribution >= 0.6 is 0 Å². The Labute approximate surface area is 133 Å². The van der Waals surface area contributed by atoms with E-state index >= 15 is 0 Å². The largest absolute Gasteiger partial charge is 0.347 e. The highest BCUT2D eigenvalue weighted by Gasteiger charge is 2.12. The quantitative estimate of drug-likeness (QED) is 0.804. The Hall–Kier alpha value is -2.95. The van der Waals surface area contributed by atoms with Crippen LogP contribution in [0.3, 0.4) is 0 Å². The molecule has 0 atom stereocenters. The molecule has 1 N–H and O–H groups in total. The van der Waals surface area contributed by atoms with Gasteiger partial charge in [0.2, 0.25) is 0 Å². The van der Waals surface area contributed by atoms with E-state index in [9.17, 15) is 9.18 Å². The maximum atomic E-state index is 13.7. The number of halogens is 1. The number of rotatable bonds is 4. The third-order valence-electron chi connectivity index (χ3n) is 3.62. The van der Waals surface area contributed by atoms with Gasteiger partial charge in [0.1, 0.15) is 11.5 Å². The van der Waals surface area contributed by atoms with E-state index in [0.717, 1.165) is 11.1 Å². The Bertz CT molecular complexity index is 842. The van der Waals surface area contributed by atoms with Crippen LogP contribution in [0.5, 0.6) is 0 Å². The number of para-hydroxylation sites is 1. The van der Waals surface area contributed by atoms with Crippen LogP contribution in [0.15, 0.2) is 60.8 Å². The molecule has 4 nitrogen and oxygen atoms in total. The minimum atomic E-state index is -0.387. The number of carbonyl (C=O) groups excluding carboxylic acids is 1. The predicted molar refractivity (Wildman–Crippen MR) is 85.9 cm³/mol. The third-order valence-corrected chi connectivity index (χ3v) is 3.62. The molecule has 23 heavy (non-hydrogen) atoms. The molecule has 0 unspecified atom stereocenters. The summed E-state index contributed by atoms with van der Waals surface area (Å²) in [6.07, 6.45) is 1.57. The Morgan fingerprint density at radius 2 is 1.87 bits per heavy atom. The molecule has 0 saturated heterocycles. The Morgan fingerprint density at radius 3 is 2.65 bits per heavy atom. The Balaban J connectivity index is 1.72. The molecular weight excluding hydrogens is 293 g/mol. The molecule has 1 amide bonds. The summed E-state index contributed by atoms with van der Waals surface area (Å²) in [5, 5.41) is 6.97. The van der Waals surface area contributed by atoms with E-state index < -0.39 is 0 Å². The standard InChI is InChI=1S/C18H16FN3O/c1-13-6-2-3-7-14(13)12-20-18(23)16-10-11-22(21-16)17-9-5-4-8-15(17)19/h2-11H,12H2,1H3,(H,20,23). The number of aromatic nitrogens is 2. The van der Waals surface area contributed by atoms with E-state index in [1.165, 1.54) is 10.7 Å². The van der Waals surface area contributed by atoms with Crippen molar-refractivity contribution in [2.45, 2.75) is 13.5 Å². The molecule has 3 rings (SSSR count). The zero-order valence-electron chi connectivity index (χ0n) is 12.7. The summed E-state index contributed by atoms with van der Waals surface area (Å²) < 4.78 is 15.1. The summed E-state index contributed by atoms with van der Waals surface area (Å²) >= 11 is 0. The topological polar surface area (TPSA) is 46.9 Å². The lowest BCUT2D eigenvalue weighted by Crippen LogP contribution is -2.23. The molecule has 2 aromatic carbocycles. The molecule has 5 heteroatoms. The third kappa shape index (κ3) is 3.29. The second-order valence-corrected chi connectivity index (χ2v) is 5.21. The van der Waals surface area contributed by atoms with E-state index in [0.29, 0.717) is 12.2 Å². The van der Waals surface area contributed by atoms with Crippen LogP contribution in [-0.2, 0) is 6.54 Å². The highest BCUT2D eigenvalue weighted by Crippen LogP contribution is 2.12. The van der Waals surface area contributed by atoms with E-state index in [1.54, 1.807) is 30.5 Å². The van der Waals surface area contributed by atoms with Gasteiger partial charge in [-0.2, -0.15) is 5.10 Å². The van der Waals surface area contributed by atoms with Crippen LogP contribution in [0.25, 0.3) is 5.69 Å². The van der Waals surface area contributed by atoms with Crippen molar-refractivity contribution < 1.29 is 9.18 Å². The van der Waals surface area contributed by atoms with Gasteiger partial charge in [0.25, 0.3) is 5.91 Å². The number of amides is 1. The molecule has 0 fully saturated rings. The van der Waals surface area contributed by atoms with Crippen molar-refractivity contribution >= 4 is 5.91 Å². The summed E-state index contributed by atoms with van der Waals surface area (Å²) in [7, 11) is 0. The fourth-order valence-corrected chi connectivity index (χ4v) is 2.29. The second-order valence-electron chi connectivity index (χ2n) is 5.21. The normalized spacial score (nSPS) is 10.5. The maximum Gasteiger partial charge on any atom is 0.272 e. The van der Waals surface area contributed by atoms with Gasteiger partial charge in [-0.05, 0) is 36.2 Å². The van der Waals surface area contributed by atoms with Crippen molar-refractivity contribution in [3.63, 3.8) is 0 Å².